The molecule has 0 saturated heterocycles. The zero-order valence-corrected chi connectivity index (χ0v) is 12.3. The molecule has 20 heavy (non-hydrogen) atoms. The van der Waals surface area contributed by atoms with Gasteiger partial charge in [-0.05, 0) is 31.2 Å². The van der Waals surface area contributed by atoms with E-state index < -0.39 is 0 Å². The molecular weight excluding hydrogens is 252 g/mol. The third kappa shape index (κ3) is 3.17. The number of nitrogens with zero attached hydrogens (tertiary/aromatic N) is 3. The zero-order chi connectivity index (χ0) is 14.5. The highest BCUT2D eigenvalue weighted by atomic mass is 16.3. The molecule has 5 nitrogen and oxygen atoms in total. The first-order chi connectivity index (χ1) is 9.69. The van der Waals surface area contributed by atoms with Crippen LogP contribution in [0.4, 0.5) is 0 Å². The third-order valence-electron chi connectivity index (χ3n) is 3.55. The third-order valence-corrected chi connectivity index (χ3v) is 3.55. The second-order valence-electron chi connectivity index (χ2n) is 5.11. The zero-order valence-electron chi connectivity index (χ0n) is 12.3. The quantitative estimate of drug-likeness (QED) is 0.791. The standard InChI is InChI=1S/C15H24N4O/c1-3-12-4-5-14-13(10-12)17-15(19(14)7-6-16)11-18(2)8-9-20/h4-5,10,20H,3,6-9,11,16H2,1-2H3. The topological polar surface area (TPSA) is 67.3 Å². The lowest BCUT2D eigenvalue weighted by atomic mass is 10.1. The second-order valence-corrected chi connectivity index (χ2v) is 5.11. The highest BCUT2D eigenvalue weighted by molar-refractivity contribution is 5.77. The number of rotatable bonds is 7. The highest BCUT2D eigenvalue weighted by Crippen LogP contribution is 2.19. The molecule has 1 aromatic heterocycles. The Morgan fingerprint density at radius 1 is 1.40 bits per heavy atom. The number of likely N-dealkylation sites (N-methyl/N-ethyl adjacent to an activating group) is 1. The van der Waals surface area contributed by atoms with Gasteiger partial charge in [-0.2, -0.15) is 0 Å². The van der Waals surface area contributed by atoms with Gasteiger partial charge in [0.1, 0.15) is 5.82 Å². The molecule has 1 heterocycles. The van der Waals surface area contributed by atoms with Gasteiger partial charge in [0.05, 0.1) is 24.2 Å². The minimum absolute atomic E-state index is 0.160. The number of imidazole rings is 1. The molecule has 2 rings (SSSR count). The number of hydrogen-bond donors (Lipinski definition) is 2. The molecule has 0 amide bonds. The number of hydrogen-bond acceptors (Lipinski definition) is 4. The molecular formula is C15H24N4O. The Morgan fingerprint density at radius 2 is 2.20 bits per heavy atom. The van der Waals surface area contributed by atoms with E-state index >= 15 is 0 Å². The number of aliphatic hydroxyl groups is 1. The molecule has 0 saturated carbocycles. The lowest BCUT2D eigenvalue weighted by Crippen LogP contribution is -2.24. The van der Waals surface area contributed by atoms with Crippen molar-refractivity contribution >= 4 is 11.0 Å². The Balaban J connectivity index is 2.38. The summed E-state index contributed by atoms with van der Waals surface area (Å²) in [7, 11) is 1.99. The van der Waals surface area contributed by atoms with Crippen LogP contribution < -0.4 is 5.73 Å². The molecule has 0 atom stereocenters. The molecule has 0 fully saturated rings. The fourth-order valence-corrected chi connectivity index (χ4v) is 2.44. The van der Waals surface area contributed by atoms with Gasteiger partial charge in [-0.25, -0.2) is 4.98 Å². The molecule has 0 aliphatic heterocycles. The molecule has 1 aromatic carbocycles. The van der Waals surface area contributed by atoms with Crippen molar-refractivity contribution in [3.05, 3.63) is 29.6 Å². The molecule has 5 heteroatoms. The summed E-state index contributed by atoms with van der Waals surface area (Å²) in [6.45, 7) is 5.03. The fraction of sp³-hybridized carbons (Fsp3) is 0.533. The molecule has 0 aliphatic rings. The van der Waals surface area contributed by atoms with Gasteiger partial charge in [-0.15, -0.1) is 0 Å². The summed E-state index contributed by atoms with van der Waals surface area (Å²) in [5.41, 5.74) is 9.19. The van der Waals surface area contributed by atoms with Gasteiger partial charge in [-0.3, -0.25) is 4.90 Å². The number of aliphatic hydroxyl groups excluding tert-OH is 1. The van der Waals surface area contributed by atoms with E-state index in [0.29, 0.717) is 13.1 Å². The molecule has 110 valence electrons. The van der Waals surface area contributed by atoms with Gasteiger partial charge >= 0.3 is 0 Å². The van der Waals surface area contributed by atoms with Gasteiger partial charge in [0.15, 0.2) is 0 Å². The minimum atomic E-state index is 0.160. The second kappa shape index (κ2) is 6.83. The van der Waals surface area contributed by atoms with Crippen LogP contribution in [0.5, 0.6) is 0 Å². The summed E-state index contributed by atoms with van der Waals surface area (Å²) >= 11 is 0. The van der Waals surface area contributed by atoms with Crippen molar-refractivity contribution in [2.45, 2.75) is 26.4 Å². The van der Waals surface area contributed by atoms with Crippen LogP contribution in [-0.2, 0) is 19.5 Å². The van der Waals surface area contributed by atoms with E-state index in [4.69, 9.17) is 15.8 Å². The van der Waals surface area contributed by atoms with Crippen molar-refractivity contribution in [2.75, 3.05) is 26.7 Å². The molecule has 0 aliphatic carbocycles. The van der Waals surface area contributed by atoms with Crippen molar-refractivity contribution in [1.82, 2.24) is 14.5 Å². The SMILES string of the molecule is CCc1ccc2c(c1)nc(CN(C)CCO)n2CCN. The van der Waals surface area contributed by atoms with Crippen molar-refractivity contribution in [2.24, 2.45) is 5.73 Å². The predicted molar refractivity (Wildman–Crippen MR) is 81.6 cm³/mol. The molecule has 3 N–H and O–H groups in total. The molecule has 0 bridgehead atoms. The Morgan fingerprint density at radius 3 is 2.85 bits per heavy atom. The molecule has 0 spiro atoms. The first-order valence-electron chi connectivity index (χ1n) is 7.17. The number of fused-ring (bicyclic) bond motifs is 1. The van der Waals surface area contributed by atoms with Crippen molar-refractivity contribution < 1.29 is 5.11 Å². The lowest BCUT2D eigenvalue weighted by Gasteiger charge is -2.15. The van der Waals surface area contributed by atoms with Gasteiger partial charge in [0.25, 0.3) is 0 Å². The van der Waals surface area contributed by atoms with E-state index in [1.807, 2.05) is 7.05 Å². The first-order valence-corrected chi connectivity index (χ1v) is 7.17. The van der Waals surface area contributed by atoms with E-state index in [1.54, 1.807) is 0 Å². The van der Waals surface area contributed by atoms with Crippen molar-refractivity contribution in [1.29, 1.82) is 0 Å². The summed E-state index contributed by atoms with van der Waals surface area (Å²) in [5, 5.41) is 9.01. The first kappa shape index (κ1) is 15.0. The smallest absolute Gasteiger partial charge is 0.124 e. The summed E-state index contributed by atoms with van der Waals surface area (Å²) in [4.78, 5) is 6.81. The van der Waals surface area contributed by atoms with Gasteiger partial charge in [0.2, 0.25) is 0 Å². The fourth-order valence-electron chi connectivity index (χ4n) is 2.44. The summed E-state index contributed by atoms with van der Waals surface area (Å²) in [6.07, 6.45) is 1.01. The minimum Gasteiger partial charge on any atom is -0.395 e. The maximum atomic E-state index is 9.01. The predicted octanol–water partition coefficient (Wildman–Crippen LogP) is 0.981. The van der Waals surface area contributed by atoms with Crippen LogP contribution in [0, 0.1) is 0 Å². The Bertz CT molecular complexity index is 564. The number of aromatic nitrogens is 2. The Labute approximate surface area is 120 Å². The molecule has 0 radical (unpaired) electrons. The van der Waals surface area contributed by atoms with Gasteiger partial charge in [-0.1, -0.05) is 13.0 Å². The van der Waals surface area contributed by atoms with Crippen LogP contribution in [0.2, 0.25) is 0 Å². The van der Waals surface area contributed by atoms with E-state index in [2.05, 4.69) is 34.6 Å². The van der Waals surface area contributed by atoms with Crippen LogP contribution in [-0.4, -0.2) is 46.3 Å². The average Bonchev–Trinajstić information content (AvgIpc) is 2.76. The Hall–Kier alpha value is -1.43. The Kier molecular flexibility index (Phi) is 5.11. The van der Waals surface area contributed by atoms with E-state index in [1.165, 1.54) is 5.56 Å². The normalized spacial score (nSPS) is 11.7. The number of benzene rings is 1. The number of aryl methyl sites for hydroxylation is 1. The largest absolute Gasteiger partial charge is 0.395 e. The van der Waals surface area contributed by atoms with E-state index in [9.17, 15) is 0 Å². The molecule has 0 unspecified atom stereocenters. The lowest BCUT2D eigenvalue weighted by molar-refractivity contribution is 0.213. The maximum Gasteiger partial charge on any atom is 0.124 e. The van der Waals surface area contributed by atoms with Crippen LogP contribution in [0.1, 0.15) is 18.3 Å². The van der Waals surface area contributed by atoms with Gasteiger partial charge in [0, 0.05) is 19.6 Å². The van der Waals surface area contributed by atoms with Crippen LogP contribution in [0.3, 0.4) is 0 Å². The van der Waals surface area contributed by atoms with E-state index in [-0.39, 0.29) is 6.61 Å². The van der Waals surface area contributed by atoms with Crippen LogP contribution in [0.25, 0.3) is 11.0 Å². The van der Waals surface area contributed by atoms with Crippen LogP contribution in [0.15, 0.2) is 18.2 Å². The summed E-state index contributed by atoms with van der Waals surface area (Å²) in [6, 6.07) is 6.43. The van der Waals surface area contributed by atoms with Gasteiger partial charge < -0.3 is 15.4 Å². The molecule has 2 aromatic rings. The van der Waals surface area contributed by atoms with E-state index in [0.717, 1.165) is 36.4 Å². The maximum absolute atomic E-state index is 9.01. The monoisotopic (exact) mass is 276 g/mol. The average molecular weight is 276 g/mol. The summed E-state index contributed by atoms with van der Waals surface area (Å²) < 4.78 is 2.18. The van der Waals surface area contributed by atoms with Crippen molar-refractivity contribution in [3.63, 3.8) is 0 Å². The van der Waals surface area contributed by atoms with Crippen LogP contribution >= 0.6 is 0 Å². The summed E-state index contributed by atoms with van der Waals surface area (Å²) in [5.74, 6) is 1.01. The number of nitrogens with two attached hydrogens (primary N) is 1. The highest BCUT2D eigenvalue weighted by Gasteiger charge is 2.12. The van der Waals surface area contributed by atoms with Crippen molar-refractivity contribution in [3.8, 4) is 0 Å².